The van der Waals surface area contributed by atoms with E-state index in [0.29, 0.717) is 17.9 Å². The van der Waals surface area contributed by atoms with E-state index in [1.54, 1.807) is 38.2 Å². The van der Waals surface area contributed by atoms with Gasteiger partial charge < -0.3 is 18.9 Å². The molecular formula is C32H46N3O7PS. The van der Waals surface area contributed by atoms with Crippen molar-refractivity contribution in [2.75, 3.05) is 33.4 Å². The van der Waals surface area contributed by atoms with Gasteiger partial charge in [0.1, 0.15) is 11.5 Å². The molecule has 0 saturated carbocycles. The molecule has 0 radical (unpaired) electrons. The third-order valence-electron chi connectivity index (χ3n) is 6.95. The minimum Gasteiger partial charge on any atom is -0.497 e. The molecule has 1 heterocycles. The van der Waals surface area contributed by atoms with Crippen molar-refractivity contribution in [1.82, 2.24) is 14.6 Å². The number of sulfonamides is 1. The lowest BCUT2D eigenvalue weighted by atomic mass is 10.0. The van der Waals surface area contributed by atoms with Gasteiger partial charge in [0.05, 0.1) is 31.3 Å². The SMILES string of the molecule is CCOP(=O)(OCC)C(Cc1ccccn1)N[C@@H](Cc1ccccc1)[C@H](O)CN(CC(C)C)S(=O)(=O)c1ccc(OC)cc1. The zero-order valence-electron chi connectivity index (χ0n) is 26.2. The Bertz CT molecular complexity index is 1400. The van der Waals surface area contributed by atoms with E-state index in [1.165, 1.54) is 23.5 Å². The molecule has 0 spiro atoms. The van der Waals surface area contributed by atoms with Gasteiger partial charge in [-0.25, -0.2) is 8.42 Å². The molecular weight excluding hydrogens is 601 g/mol. The number of aromatic nitrogens is 1. The highest BCUT2D eigenvalue weighted by atomic mass is 32.2. The smallest absolute Gasteiger partial charge is 0.347 e. The average molecular weight is 648 g/mol. The van der Waals surface area contributed by atoms with E-state index in [9.17, 15) is 18.1 Å². The van der Waals surface area contributed by atoms with Crippen LogP contribution in [0.15, 0.2) is 83.9 Å². The van der Waals surface area contributed by atoms with Crippen LogP contribution >= 0.6 is 7.60 Å². The number of hydrogen-bond donors (Lipinski definition) is 2. The Morgan fingerprint density at radius 3 is 2.09 bits per heavy atom. The van der Waals surface area contributed by atoms with Crippen LogP contribution < -0.4 is 10.1 Å². The molecule has 1 aromatic heterocycles. The summed E-state index contributed by atoms with van der Waals surface area (Å²) in [6.45, 7) is 7.65. The fourth-order valence-electron chi connectivity index (χ4n) is 4.89. The molecule has 3 aromatic rings. The van der Waals surface area contributed by atoms with E-state index in [4.69, 9.17) is 13.8 Å². The van der Waals surface area contributed by atoms with Crippen LogP contribution in [0.3, 0.4) is 0 Å². The number of methoxy groups -OCH3 is 1. The Morgan fingerprint density at radius 1 is 0.909 bits per heavy atom. The van der Waals surface area contributed by atoms with Crippen molar-refractivity contribution in [3.8, 4) is 5.75 Å². The Balaban J connectivity index is 2.00. The van der Waals surface area contributed by atoms with Crippen molar-refractivity contribution in [1.29, 1.82) is 0 Å². The molecule has 0 amide bonds. The molecule has 3 atom stereocenters. The Hall–Kier alpha value is -2.63. The summed E-state index contributed by atoms with van der Waals surface area (Å²) in [4.78, 5) is 4.52. The van der Waals surface area contributed by atoms with Gasteiger partial charge in [0.25, 0.3) is 0 Å². The summed E-state index contributed by atoms with van der Waals surface area (Å²) in [6, 6.07) is 20.5. The first-order valence-corrected chi connectivity index (χ1v) is 18.0. The van der Waals surface area contributed by atoms with Crippen LogP contribution in [0.5, 0.6) is 5.75 Å². The molecule has 0 bridgehead atoms. The lowest BCUT2D eigenvalue weighted by Crippen LogP contribution is -2.52. The second kappa shape index (κ2) is 17.2. The summed E-state index contributed by atoms with van der Waals surface area (Å²) in [5.41, 5.74) is 1.58. The maximum Gasteiger partial charge on any atom is 0.347 e. The van der Waals surface area contributed by atoms with Crippen LogP contribution in [-0.4, -0.2) is 74.2 Å². The molecule has 1 unspecified atom stereocenters. The first-order valence-electron chi connectivity index (χ1n) is 14.9. The molecule has 0 saturated heterocycles. The average Bonchev–Trinajstić information content (AvgIpc) is 3.01. The summed E-state index contributed by atoms with van der Waals surface area (Å²) in [5, 5.41) is 15.2. The number of nitrogens with one attached hydrogen (secondary N) is 1. The fourth-order valence-corrected chi connectivity index (χ4v) is 8.45. The largest absolute Gasteiger partial charge is 0.497 e. The highest BCUT2D eigenvalue weighted by Gasteiger charge is 2.39. The lowest BCUT2D eigenvalue weighted by Gasteiger charge is -2.35. The van der Waals surface area contributed by atoms with Gasteiger partial charge in [-0.15, -0.1) is 0 Å². The number of ether oxygens (including phenoxy) is 1. The molecule has 0 fully saturated rings. The highest BCUT2D eigenvalue weighted by molar-refractivity contribution is 7.89. The van der Waals surface area contributed by atoms with E-state index in [2.05, 4.69) is 10.3 Å². The third-order valence-corrected chi connectivity index (χ3v) is 11.1. The summed E-state index contributed by atoms with van der Waals surface area (Å²) in [7, 11) is -6.20. The number of rotatable bonds is 19. The van der Waals surface area contributed by atoms with Gasteiger partial charge in [0.2, 0.25) is 10.0 Å². The summed E-state index contributed by atoms with van der Waals surface area (Å²) in [5.74, 6) is -0.334. The second-order valence-electron chi connectivity index (χ2n) is 10.8. The number of hydrogen-bond acceptors (Lipinski definition) is 9. The molecule has 3 rings (SSSR count). The molecule has 44 heavy (non-hydrogen) atoms. The second-order valence-corrected chi connectivity index (χ2v) is 15.0. The predicted octanol–water partition coefficient (Wildman–Crippen LogP) is 5.13. The number of aliphatic hydroxyl groups excluding tert-OH is 1. The van der Waals surface area contributed by atoms with Gasteiger partial charge in [0, 0.05) is 37.4 Å². The van der Waals surface area contributed by atoms with Gasteiger partial charge >= 0.3 is 7.60 Å². The molecule has 0 aliphatic heterocycles. The van der Waals surface area contributed by atoms with Crippen LogP contribution in [0, 0.1) is 5.92 Å². The topological polar surface area (TPSA) is 127 Å². The first-order chi connectivity index (χ1) is 21.0. The highest BCUT2D eigenvalue weighted by Crippen LogP contribution is 2.53. The van der Waals surface area contributed by atoms with Crippen molar-refractivity contribution >= 4 is 17.6 Å². The van der Waals surface area contributed by atoms with E-state index >= 15 is 0 Å². The van der Waals surface area contributed by atoms with Gasteiger partial charge in [0.15, 0.2) is 0 Å². The van der Waals surface area contributed by atoms with Crippen molar-refractivity contribution in [2.24, 2.45) is 5.92 Å². The van der Waals surface area contributed by atoms with Crippen molar-refractivity contribution in [2.45, 2.75) is 63.4 Å². The molecule has 242 valence electrons. The number of aliphatic hydroxyl groups is 1. The summed E-state index contributed by atoms with van der Waals surface area (Å²) >= 11 is 0. The van der Waals surface area contributed by atoms with Crippen molar-refractivity contribution in [3.63, 3.8) is 0 Å². The van der Waals surface area contributed by atoms with E-state index < -0.39 is 35.5 Å². The van der Waals surface area contributed by atoms with Crippen molar-refractivity contribution < 1.29 is 31.9 Å². The van der Waals surface area contributed by atoms with Gasteiger partial charge in [-0.3, -0.25) is 14.9 Å². The minimum absolute atomic E-state index is 0.0104. The third kappa shape index (κ3) is 10.2. The summed E-state index contributed by atoms with van der Waals surface area (Å²) < 4.78 is 59.8. The maximum absolute atomic E-state index is 14.2. The molecule has 0 aliphatic rings. The summed E-state index contributed by atoms with van der Waals surface area (Å²) in [6.07, 6.45) is 1.00. The van der Waals surface area contributed by atoms with E-state index in [0.717, 1.165) is 5.56 Å². The molecule has 0 aliphatic carbocycles. The first kappa shape index (κ1) is 35.8. The van der Waals surface area contributed by atoms with Crippen molar-refractivity contribution in [3.05, 3.63) is 90.3 Å². The fraction of sp³-hybridized carbons (Fsp3) is 0.469. The number of pyridine rings is 1. The number of nitrogens with zero attached hydrogens (tertiary/aromatic N) is 2. The van der Waals surface area contributed by atoms with Gasteiger partial charge in [-0.1, -0.05) is 50.2 Å². The monoisotopic (exact) mass is 647 g/mol. The molecule has 2 N–H and O–H groups in total. The number of benzene rings is 2. The predicted molar refractivity (Wildman–Crippen MR) is 172 cm³/mol. The van der Waals surface area contributed by atoms with Crippen LogP contribution in [-0.2, 0) is 36.5 Å². The van der Waals surface area contributed by atoms with Gasteiger partial charge in [-0.2, -0.15) is 4.31 Å². The Kier molecular flexibility index (Phi) is 14.0. The van der Waals surface area contributed by atoms with Crippen LogP contribution in [0.4, 0.5) is 0 Å². The normalized spacial score (nSPS) is 14.5. The van der Waals surface area contributed by atoms with Crippen LogP contribution in [0.2, 0.25) is 0 Å². The Labute approximate surface area is 262 Å². The van der Waals surface area contributed by atoms with Crippen LogP contribution in [0.1, 0.15) is 39.0 Å². The standard InChI is InChI=1S/C32H46N3O7PS/c1-6-41-43(37,42-7-2)32(22-27-15-11-12-20-33-27)34-30(21-26-13-9-8-10-14-26)31(36)24-35(23-25(3)4)44(38,39)29-18-16-28(40-5)17-19-29/h8-20,25,30-32,34,36H,6-7,21-24H2,1-5H3/t30-,31+,32?/m0/s1. The van der Waals surface area contributed by atoms with E-state index in [1.807, 2.05) is 56.3 Å². The molecule has 12 heteroatoms. The lowest BCUT2D eigenvalue weighted by molar-refractivity contribution is 0.0967. The maximum atomic E-state index is 14.2. The zero-order chi connectivity index (χ0) is 32.2. The molecule has 10 nitrogen and oxygen atoms in total. The van der Waals surface area contributed by atoms with Crippen LogP contribution in [0.25, 0.3) is 0 Å². The zero-order valence-corrected chi connectivity index (χ0v) is 27.9. The van der Waals surface area contributed by atoms with E-state index in [-0.39, 0.29) is 43.5 Å². The Morgan fingerprint density at radius 2 is 1.55 bits per heavy atom. The minimum atomic E-state index is -3.97. The molecule has 2 aromatic carbocycles. The quantitative estimate of drug-likeness (QED) is 0.170. The van der Waals surface area contributed by atoms with Gasteiger partial charge in [-0.05, 0) is 68.1 Å².